The van der Waals surface area contributed by atoms with Crippen molar-refractivity contribution >= 4 is 5.97 Å². The molecular weight excluding hydrogens is 216 g/mol. The maximum absolute atomic E-state index is 10.7. The maximum atomic E-state index is 10.7. The van der Waals surface area contributed by atoms with Gasteiger partial charge in [0.05, 0.1) is 6.42 Å². The third kappa shape index (κ3) is 3.33. The SMILES string of the molecule is Cn1cc(CN2CCCCC2)cc1CC(=O)O. The van der Waals surface area contributed by atoms with Crippen LogP contribution >= 0.6 is 0 Å². The summed E-state index contributed by atoms with van der Waals surface area (Å²) >= 11 is 0. The number of likely N-dealkylation sites (tertiary alicyclic amines) is 1. The summed E-state index contributed by atoms with van der Waals surface area (Å²) in [5.41, 5.74) is 2.11. The maximum Gasteiger partial charge on any atom is 0.309 e. The highest BCUT2D eigenvalue weighted by Gasteiger charge is 2.13. The Hall–Kier alpha value is -1.29. The first kappa shape index (κ1) is 12.2. The summed E-state index contributed by atoms with van der Waals surface area (Å²) in [4.78, 5) is 13.1. The number of carboxylic acids is 1. The zero-order chi connectivity index (χ0) is 12.3. The molecule has 2 rings (SSSR count). The van der Waals surface area contributed by atoms with Crippen LogP contribution in [0, 0.1) is 0 Å². The molecule has 1 aromatic rings. The molecular formula is C13H20N2O2. The summed E-state index contributed by atoms with van der Waals surface area (Å²) < 4.78 is 1.92. The Labute approximate surface area is 102 Å². The van der Waals surface area contributed by atoms with E-state index in [4.69, 9.17) is 5.11 Å². The summed E-state index contributed by atoms with van der Waals surface area (Å²) in [6.07, 6.45) is 6.07. The number of carbonyl (C=O) groups is 1. The summed E-state index contributed by atoms with van der Waals surface area (Å²) in [5.74, 6) is -0.768. The van der Waals surface area contributed by atoms with Crippen molar-refractivity contribution in [3.8, 4) is 0 Å². The molecule has 0 aromatic carbocycles. The molecule has 4 heteroatoms. The van der Waals surface area contributed by atoms with Crippen molar-refractivity contribution in [2.45, 2.75) is 32.2 Å². The van der Waals surface area contributed by atoms with E-state index in [9.17, 15) is 4.79 Å². The molecule has 4 nitrogen and oxygen atoms in total. The Kier molecular flexibility index (Phi) is 3.84. The summed E-state index contributed by atoms with van der Waals surface area (Å²) in [7, 11) is 1.91. The van der Waals surface area contributed by atoms with Crippen LogP contribution in [0.5, 0.6) is 0 Å². The molecule has 2 heterocycles. The normalized spacial score (nSPS) is 17.2. The molecule has 1 fully saturated rings. The van der Waals surface area contributed by atoms with Gasteiger partial charge in [-0.3, -0.25) is 9.69 Å². The second-order valence-electron chi connectivity index (χ2n) is 4.86. The standard InChI is InChI=1S/C13H20N2O2/c1-14-9-11(7-12(14)8-13(16)17)10-15-5-3-2-4-6-15/h7,9H,2-6,8,10H2,1H3,(H,16,17). The number of piperidine rings is 1. The van der Waals surface area contributed by atoms with Crippen LogP contribution < -0.4 is 0 Å². The molecule has 1 aliphatic heterocycles. The van der Waals surface area contributed by atoms with E-state index in [0.717, 1.165) is 12.2 Å². The van der Waals surface area contributed by atoms with Crippen LogP contribution in [0.15, 0.2) is 12.3 Å². The first-order valence-corrected chi connectivity index (χ1v) is 6.23. The van der Waals surface area contributed by atoms with E-state index in [1.807, 2.05) is 23.9 Å². The monoisotopic (exact) mass is 236 g/mol. The highest BCUT2D eigenvalue weighted by atomic mass is 16.4. The lowest BCUT2D eigenvalue weighted by atomic mass is 10.1. The Morgan fingerprint density at radius 3 is 2.71 bits per heavy atom. The van der Waals surface area contributed by atoms with Crippen molar-refractivity contribution in [2.75, 3.05) is 13.1 Å². The Morgan fingerprint density at radius 1 is 1.35 bits per heavy atom. The molecule has 17 heavy (non-hydrogen) atoms. The van der Waals surface area contributed by atoms with Crippen molar-refractivity contribution < 1.29 is 9.90 Å². The highest BCUT2D eigenvalue weighted by Crippen LogP contribution is 2.15. The van der Waals surface area contributed by atoms with E-state index < -0.39 is 5.97 Å². The van der Waals surface area contributed by atoms with E-state index in [2.05, 4.69) is 4.90 Å². The molecule has 0 aliphatic carbocycles. The summed E-state index contributed by atoms with van der Waals surface area (Å²) in [5, 5.41) is 8.80. The van der Waals surface area contributed by atoms with Gasteiger partial charge >= 0.3 is 5.97 Å². The van der Waals surface area contributed by atoms with Crippen LogP contribution in [0.4, 0.5) is 0 Å². The molecule has 1 N–H and O–H groups in total. The highest BCUT2D eigenvalue weighted by molar-refractivity contribution is 5.69. The second kappa shape index (κ2) is 5.36. The number of aliphatic carboxylic acids is 1. The lowest BCUT2D eigenvalue weighted by Crippen LogP contribution is -2.28. The third-order valence-electron chi connectivity index (χ3n) is 3.35. The van der Waals surface area contributed by atoms with Gasteiger partial charge in [-0.25, -0.2) is 0 Å². The van der Waals surface area contributed by atoms with Crippen LogP contribution in [-0.2, 0) is 24.8 Å². The predicted octanol–water partition coefficient (Wildman–Crippen LogP) is 1.64. The minimum Gasteiger partial charge on any atom is -0.481 e. The van der Waals surface area contributed by atoms with E-state index in [1.165, 1.54) is 37.9 Å². The fraction of sp³-hybridized carbons (Fsp3) is 0.615. The molecule has 0 bridgehead atoms. The van der Waals surface area contributed by atoms with Crippen LogP contribution in [0.25, 0.3) is 0 Å². The van der Waals surface area contributed by atoms with Gasteiger partial charge < -0.3 is 9.67 Å². The molecule has 0 saturated carbocycles. The molecule has 1 saturated heterocycles. The Morgan fingerprint density at radius 2 is 2.06 bits per heavy atom. The molecule has 94 valence electrons. The number of aryl methyl sites for hydroxylation is 1. The van der Waals surface area contributed by atoms with Gasteiger partial charge in [0.2, 0.25) is 0 Å². The predicted molar refractivity (Wildman–Crippen MR) is 65.9 cm³/mol. The number of hydrogen-bond donors (Lipinski definition) is 1. The fourth-order valence-electron chi connectivity index (χ4n) is 2.48. The van der Waals surface area contributed by atoms with Gasteiger partial charge in [0.15, 0.2) is 0 Å². The minimum atomic E-state index is -0.768. The number of rotatable bonds is 4. The van der Waals surface area contributed by atoms with Gasteiger partial charge in [-0.1, -0.05) is 6.42 Å². The smallest absolute Gasteiger partial charge is 0.309 e. The second-order valence-corrected chi connectivity index (χ2v) is 4.86. The van der Waals surface area contributed by atoms with Crippen LogP contribution in [0.3, 0.4) is 0 Å². The number of aromatic nitrogens is 1. The molecule has 0 atom stereocenters. The van der Waals surface area contributed by atoms with Crippen LogP contribution in [0.1, 0.15) is 30.5 Å². The number of hydrogen-bond acceptors (Lipinski definition) is 2. The van der Waals surface area contributed by atoms with Gasteiger partial charge in [-0.05, 0) is 37.6 Å². The number of nitrogens with zero attached hydrogens (tertiary/aromatic N) is 2. The largest absolute Gasteiger partial charge is 0.481 e. The fourth-order valence-corrected chi connectivity index (χ4v) is 2.48. The average Bonchev–Trinajstić information content (AvgIpc) is 2.59. The van der Waals surface area contributed by atoms with Crippen molar-refractivity contribution in [1.29, 1.82) is 0 Å². The van der Waals surface area contributed by atoms with Crippen molar-refractivity contribution in [2.24, 2.45) is 7.05 Å². The van der Waals surface area contributed by atoms with E-state index >= 15 is 0 Å². The van der Waals surface area contributed by atoms with Gasteiger partial charge in [0.25, 0.3) is 0 Å². The van der Waals surface area contributed by atoms with E-state index in [-0.39, 0.29) is 6.42 Å². The summed E-state index contributed by atoms with van der Waals surface area (Å²) in [6.45, 7) is 3.29. The zero-order valence-electron chi connectivity index (χ0n) is 10.4. The van der Waals surface area contributed by atoms with Gasteiger partial charge in [-0.15, -0.1) is 0 Å². The lowest BCUT2D eigenvalue weighted by Gasteiger charge is -2.25. The van der Waals surface area contributed by atoms with Crippen LogP contribution in [0.2, 0.25) is 0 Å². The van der Waals surface area contributed by atoms with Gasteiger partial charge in [0.1, 0.15) is 0 Å². The zero-order valence-corrected chi connectivity index (χ0v) is 10.4. The van der Waals surface area contributed by atoms with Crippen molar-refractivity contribution in [1.82, 2.24) is 9.47 Å². The minimum absolute atomic E-state index is 0.108. The van der Waals surface area contributed by atoms with E-state index in [1.54, 1.807) is 0 Å². The molecule has 1 aromatic heterocycles. The molecule has 1 aliphatic rings. The lowest BCUT2D eigenvalue weighted by molar-refractivity contribution is -0.136. The molecule has 0 amide bonds. The van der Waals surface area contributed by atoms with E-state index in [0.29, 0.717) is 0 Å². The summed E-state index contributed by atoms with van der Waals surface area (Å²) in [6, 6.07) is 2.02. The first-order valence-electron chi connectivity index (χ1n) is 6.23. The van der Waals surface area contributed by atoms with Gasteiger partial charge in [0, 0.05) is 25.5 Å². The average molecular weight is 236 g/mol. The topological polar surface area (TPSA) is 45.5 Å². The Bertz CT molecular complexity index is 392. The van der Waals surface area contributed by atoms with Crippen molar-refractivity contribution in [3.05, 3.63) is 23.5 Å². The van der Waals surface area contributed by atoms with Crippen molar-refractivity contribution in [3.63, 3.8) is 0 Å². The molecule has 0 unspecified atom stereocenters. The Balaban J connectivity index is 1.98. The third-order valence-corrected chi connectivity index (χ3v) is 3.35. The molecule has 0 spiro atoms. The van der Waals surface area contributed by atoms with Gasteiger partial charge in [-0.2, -0.15) is 0 Å². The quantitative estimate of drug-likeness (QED) is 0.864. The van der Waals surface area contributed by atoms with Crippen LogP contribution in [-0.4, -0.2) is 33.6 Å². The molecule has 0 radical (unpaired) electrons. The first-order chi connectivity index (χ1) is 8.15. The number of carboxylic acid groups (broad SMARTS) is 1.